The van der Waals surface area contributed by atoms with Gasteiger partial charge in [-0.15, -0.1) is 0 Å². The molecular weight excluding hydrogens is 264 g/mol. The SMILES string of the molecule is Cc1cccc(C)c1OCC(NC1CC1)(C(N)=O)C1CC1. The van der Waals surface area contributed by atoms with Crippen molar-refractivity contribution < 1.29 is 9.53 Å². The molecule has 1 unspecified atom stereocenters. The average Bonchev–Trinajstić information content (AvgIpc) is 3.29. The lowest BCUT2D eigenvalue weighted by Crippen LogP contribution is -2.61. The van der Waals surface area contributed by atoms with E-state index >= 15 is 0 Å². The highest BCUT2D eigenvalue weighted by Gasteiger charge is 2.52. The van der Waals surface area contributed by atoms with Gasteiger partial charge in [-0.1, -0.05) is 18.2 Å². The van der Waals surface area contributed by atoms with Crippen molar-refractivity contribution in [1.29, 1.82) is 0 Å². The van der Waals surface area contributed by atoms with Crippen LogP contribution in [0.5, 0.6) is 5.75 Å². The first-order valence-corrected chi connectivity index (χ1v) is 7.79. The van der Waals surface area contributed by atoms with E-state index in [0.717, 1.165) is 42.6 Å². The van der Waals surface area contributed by atoms with Crippen LogP contribution in [0.25, 0.3) is 0 Å². The Morgan fingerprint density at radius 1 is 1.29 bits per heavy atom. The molecule has 1 aromatic carbocycles. The van der Waals surface area contributed by atoms with Crippen molar-refractivity contribution in [3.63, 3.8) is 0 Å². The van der Waals surface area contributed by atoms with Crippen LogP contribution in [0.3, 0.4) is 0 Å². The van der Waals surface area contributed by atoms with Gasteiger partial charge in [0.25, 0.3) is 0 Å². The molecule has 114 valence electrons. The van der Waals surface area contributed by atoms with Crippen molar-refractivity contribution >= 4 is 5.91 Å². The van der Waals surface area contributed by atoms with Crippen LogP contribution < -0.4 is 15.8 Å². The number of rotatable bonds is 7. The lowest BCUT2D eigenvalue weighted by atomic mass is 9.92. The molecular formula is C17H24N2O2. The maximum Gasteiger partial charge on any atom is 0.241 e. The van der Waals surface area contributed by atoms with Gasteiger partial charge in [-0.25, -0.2) is 0 Å². The summed E-state index contributed by atoms with van der Waals surface area (Å²) >= 11 is 0. The first kappa shape index (κ1) is 14.4. The number of aryl methyl sites for hydroxylation is 2. The summed E-state index contributed by atoms with van der Waals surface area (Å²) in [7, 11) is 0. The van der Waals surface area contributed by atoms with Gasteiger partial charge in [0, 0.05) is 6.04 Å². The standard InChI is InChI=1S/C17H24N2O2/c1-11-4-3-5-12(2)15(11)21-10-17(16(18)20,13-6-7-13)19-14-8-9-14/h3-5,13-14,19H,6-10H2,1-2H3,(H2,18,20). The average molecular weight is 288 g/mol. The molecule has 3 N–H and O–H groups in total. The number of carbonyl (C=O) groups is 1. The predicted molar refractivity (Wildman–Crippen MR) is 82.2 cm³/mol. The van der Waals surface area contributed by atoms with Gasteiger partial charge in [-0.05, 0) is 56.6 Å². The minimum atomic E-state index is -0.699. The minimum Gasteiger partial charge on any atom is -0.491 e. The van der Waals surface area contributed by atoms with Crippen molar-refractivity contribution in [3.8, 4) is 5.75 Å². The Morgan fingerprint density at radius 3 is 2.38 bits per heavy atom. The first-order chi connectivity index (χ1) is 10.0. The smallest absolute Gasteiger partial charge is 0.241 e. The van der Waals surface area contributed by atoms with E-state index in [-0.39, 0.29) is 5.91 Å². The molecule has 1 aromatic rings. The maximum absolute atomic E-state index is 12.1. The van der Waals surface area contributed by atoms with Crippen molar-refractivity contribution in [2.24, 2.45) is 11.7 Å². The van der Waals surface area contributed by atoms with Crippen molar-refractivity contribution in [2.75, 3.05) is 6.61 Å². The molecule has 0 aliphatic heterocycles. The highest BCUT2D eigenvalue weighted by atomic mass is 16.5. The number of nitrogens with one attached hydrogen (secondary N) is 1. The molecule has 0 aromatic heterocycles. The Balaban J connectivity index is 1.79. The Hall–Kier alpha value is -1.55. The molecule has 1 atom stereocenters. The number of hydrogen-bond donors (Lipinski definition) is 2. The summed E-state index contributed by atoms with van der Waals surface area (Å²) in [5.41, 5.74) is 7.24. The van der Waals surface area contributed by atoms with Gasteiger partial charge in [0.05, 0.1) is 0 Å². The number of nitrogens with two attached hydrogens (primary N) is 1. The third-order valence-corrected chi connectivity index (χ3v) is 4.61. The highest BCUT2D eigenvalue weighted by Crippen LogP contribution is 2.42. The second-order valence-corrected chi connectivity index (χ2v) is 6.54. The second kappa shape index (κ2) is 5.34. The number of ether oxygens (including phenoxy) is 1. The van der Waals surface area contributed by atoms with E-state index in [4.69, 9.17) is 10.5 Å². The number of amides is 1. The minimum absolute atomic E-state index is 0.275. The van der Waals surface area contributed by atoms with E-state index in [0.29, 0.717) is 18.6 Å². The normalized spacial score (nSPS) is 20.9. The topological polar surface area (TPSA) is 64.3 Å². The maximum atomic E-state index is 12.1. The van der Waals surface area contributed by atoms with E-state index in [1.54, 1.807) is 0 Å². The quantitative estimate of drug-likeness (QED) is 0.807. The summed E-state index contributed by atoms with van der Waals surface area (Å²) < 4.78 is 6.06. The summed E-state index contributed by atoms with van der Waals surface area (Å²) in [5.74, 6) is 0.921. The van der Waals surface area contributed by atoms with E-state index in [9.17, 15) is 4.79 Å². The van der Waals surface area contributed by atoms with Gasteiger partial charge in [0.2, 0.25) is 5.91 Å². The molecule has 0 radical (unpaired) electrons. The van der Waals surface area contributed by atoms with Crippen LogP contribution >= 0.6 is 0 Å². The molecule has 4 nitrogen and oxygen atoms in total. The van der Waals surface area contributed by atoms with Crippen molar-refractivity contribution in [1.82, 2.24) is 5.32 Å². The fourth-order valence-corrected chi connectivity index (χ4v) is 3.00. The van der Waals surface area contributed by atoms with Crippen LogP contribution in [0.1, 0.15) is 36.8 Å². The van der Waals surface area contributed by atoms with Gasteiger partial charge in [0.1, 0.15) is 17.9 Å². The zero-order valence-corrected chi connectivity index (χ0v) is 12.8. The number of hydrogen-bond acceptors (Lipinski definition) is 3. The highest BCUT2D eigenvalue weighted by molar-refractivity contribution is 5.86. The Kier molecular flexibility index (Phi) is 3.66. The van der Waals surface area contributed by atoms with E-state index in [1.807, 2.05) is 32.0 Å². The Labute approximate surface area is 126 Å². The monoisotopic (exact) mass is 288 g/mol. The fraction of sp³-hybridized carbons (Fsp3) is 0.588. The predicted octanol–water partition coefficient (Wildman–Crippen LogP) is 2.07. The third kappa shape index (κ3) is 2.91. The van der Waals surface area contributed by atoms with E-state index in [2.05, 4.69) is 5.32 Å². The summed E-state index contributed by atoms with van der Waals surface area (Å²) in [6, 6.07) is 6.50. The van der Waals surface area contributed by atoms with Crippen LogP contribution in [0.4, 0.5) is 0 Å². The van der Waals surface area contributed by atoms with Gasteiger partial charge >= 0.3 is 0 Å². The van der Waals surface area contributed by atoms with Gasteiger partial charge in [-0.2, -0.15) is 0 Å². The lowest BCUT2D eigenvalue weighted by molar-refractivity contribution is -0.126. The van der Waals surface area contributed by atoms with E-state index in [1.165, 1.54) is 0 Å². The number of primary amides is 1. The summed E-state index contributed by atoms with van der Waals surface area (Å²) in [6.07, 6.45) is 4.37. The molecule has 0 bridgehead atoms. The zero-order valence-electron chi connectivity index (χ0n) is 12.8. The number of benzene rings is 1. The number of para-hydroxylation sites is 1. The number of carbonyl (C=O) groups excluding carboxylic acids is 1. The molecule has 0 spiro atoms. The van der Waals surface area contributed by atoms with Crippen molar-refractivity contribution in [2.45, 2.75) is 51.1 Å². The van der Waals surface area contributed by atoms with E-state index < -0.39 is 5.54 Å². The first-order valence-electron chi connectivity index (χ1n) is 7.79. The van der Waals surface area contributed by atoms with Crippen LogP contribution in [0, 0.1) is 19.8 Å². The molecule has 1 amide bonds. The zero-order chi connectivity index (χ0) is 15.0. The molecule has 4 heteroatoms. The Morgan fingerprint density at radius 2 is 1.90 bits per heavy atom. The van der Waals surface area contributed by atoms with Crippen molar-refractivity contribution in [3.05, 3.63) is 29.3 Å². The van der Waals surface area contributed by atoms with Crippen LogP contribution in [-0.4, -0.2) is 24.1 Å². The lowest BCUT2D eigenvalue weighted by Gasteiger charge is -2.32. The van der Waals surface area contributed by atoms with Crippen LogP contribution in [0.15, 0.2) is 18.2 Å². The molecule has 3 rings (SSSR count). The van der Waals surface area contributed by atoms with Gasteiger partial charge in [-0.3, -0.25) is 10.1 Å². The molecule has 0 saturated heterocycles. The summed E-state index contributed by atoms with van der Waals surface area (Å²) in [6.45, 7) is 4.38. The Bertz CT molecular complexity index is 529. The fourth-order valence-electron chi connectivity index (χ4n) is 3.00. The van der Waals surface area contributed by atoms with Gasteiger partial charge < -0.3 is 10.5 Å². The van der Waals surface area contributed by atoms with Crippen LogP contribution in [-0.2, 0) is 4.79 Å². The largest absolute Gasteiger partial charge is 0.491 e. The summed E-state index contributed by atoms with van der Waals surface area (Å²) in [5, 5.41) is 3.48. The molecule has 21 heavy (non-hydrogen) atoms. The second-order valence-electron chi connectivity index (χ2n) is 6.54. The molecule has 2 fully saturated rings. The summed E-state index contributed by atoms with van der Waals surface area (Å²) in [4.78, 5) is 12.1. The molecule has 0 heterocycles. The molecule has 2 aliphatic rings. The molecule has 2 aliphatic carbocycles. The molecule has 2 saturated carbocycles. The third-order valence-electron chi connectivity index (χ3n) is 4.61. The van der Waals surface area contributed by atoms with Crippen LogP contribution in [0.2, 0.25) is 0 Å². The van der Waals surface area contributed by atoms with Gasteiger partial charge in [0.15, 0.2) is 0 Å².